The van der Waals surface area contributed by atoms with Crippen LogP contribution in [0.2, 0.25) is 0 Å². The van der Waals surface area contributed by atoms with Crippen molar-refractivity contribution in [3.05, 3.63) is 34.5 Å². The lowest BCUT2D eigenvalue weighted by Gasteiger charge is -2.15. The number of aryl methyl sites for hydroxylation is 2. The molecule has 2 aromatic rings. The fraction of sp³-hybridized carbons (Fsp3) is 0.286. The zero-order valence-electron chi connectivity index (χ0n) is 12.7. The van der Waals surface area contributed by atoms with E-state index in [-0.39, 0.29) is 15.5 Å². The Morgan fingerprint density at radius 1 is 1.32 bits per heavy atom. The molecule has 0 radical (unpaired) electrons. The Morgan fingerprint density at radius 2 is 2.00 bits per heavy atom. The zero-order chi connectivity index (χ0) is 16.5. The van der Waals surface area contributed by atoms with Gasteiger partial charge in [-0.25, -0.2) is 13.4 Å². The lowest BCUT2D eigenvalue weighted by Crippen LogP contribution is -2.15. The number of aromatic nitrogens is 1. The Kier molecular flexibility index (Phi) is 4.39. The fourth-order valence-electron chi connectivity index (χ4n) is 1.95. The van der Waals surface area contributed by atoms with Gasteiger partial charge < -0.3 is 4.90 Å². The molecule has 0 unspecified atom stereocenters. The lowest BCUT2D eigenvalue weighted by atomic mass is 10.2. The van der Waals surface area contributed by atoms with Crippen LogP contribution < -0.4 is 9.62 Å². The van der Waals surface area contributed by atoms with Gasteiger partial charge in [-0.15, -0.1) is 11.3 Å². The highest BCUT2D eigenvalue weighted by molar-refractivity contribution is 7.94. The third kappa shape index (κ3) is 3.21. The zero-order valence-corrected chi connectivity index (χ0v) is 14.3. The minimum Gasteiger partial charge on any atom is -0.378 e. The molecule has 0 bridgehead atoms. The molecule has 0 aliphatic rings. The molecule has 0 saturated carbocycles. The number of benzene rings is 1. The number of nitrogens with zero attached hydrogens (tertiary/aromatic N) is 3. The second-order valence-electron chi connectivity index (χ2n) is 4.95. The van der Waals surface area contributed by atoms with Gasteiger partial charge in [0, 0.05) is 19.8 Å². The Balaban J connectivity index is 2.47. The summed E-state index contributed by atoms with van der Waals surface area (Å²) in [5, 5.41) is 9.85. The summed E-state index contributed by atoms with van der Waals surface area (Å²) in [5.74, 6) is 0. The first kappa shape index (κ1) is 16.3. The number of thiazole rings is 1. The number of anilines is 2. The largest absolute Gasteiger partial charge is 0.378 e. The quantitative estimate of drug-likeness (QED) is 0.927. The maximum atomic E-state index is 12.5. The molecule has 6 nitrogen and oxygen atoms in total. The van der Waals surface area contributed by atoms with Gasteiger partial charge in [0.1, 0.15) is 6.07 Å². The highest BCUT2D eigenvalue weighted by atomic mass is 32.2. The van der Waals surface area contributed by atoms with Crippen LogP contribution in [0.5, 0.6) is 0 Å². The van der Waals surface area contributed by atoms with Crippen LogP contribution in [0.3, 0.4) is 0 Å². The summed E-state index contributed by atoms with van der Waals surface area (Å²) >= 11 is 1.11. The molecule has 0 saturated heterocycles. The molecule has 0 aliphatic heterocycles. The van der Waals surface area contributed by atoms with Crippen molar-refractivity contribution in [2.45, 2.75) is 18.1 Å². The van der Waals surface area contributed by atoms with E-state index in [1.165, 1.54) is 0 Å². The molecule has 0 aliphatic carbocycles. The van der Waals surface area contributed by atoms with E-state index in [1.807, 2.05) is 25.1 Å². The summed E-state index contributed by atoms with van der Waals surface area (Å²) in [6.07, 6.45) is 0. The van der Waals surface area contributed by atoms with Gasteiger partial charge in [0.05, 0.1) is 22.0 Å². The molecular weight excluding hydrogens is 320 g/mol. The van der Waals surface area contributed by atoms with E-state index < -0.39 is 10.0 Å². The number of nitriles is 1. The van der Waals surface area contributed by atoms with E-state index in [0.717, 1.165) is 17.0 Å². The summed E-state index contributed by atoms with van der Waals surface area (Å²) in [7, 11) is -0.0746. The van der Waals surface area contributed by atoms with E-state index >= 15 is 0 Å². The molecule has 1 aromatic carbocycles. The normalized spacial score (nSPS) is 11.0. The maximum Gasteiger partial charge on any atom is 0.273 e. The minimum absolute atomic E-state index is 0.171. The van der Waals surface area contributed by atoms with E-state index in [4.69, 9.17) is 5.26 Å². The molecule has 0 atom stereocenters. The molecular formula is C14H16N4O2S2. The van der Waals surface area contributed by atoms with Crippen molar-refractivity contribution in [3.8, 4) is 6.07 Å². The SMILES string of the molecule is Cc1nc(C)c(S(=O)(=O)Nc2cc(N(C)C)ccc2C#N)s1. The predicted molar refractivity (Wildman–Crippen MR) is 87.9 cm³/mol. The van der Waals surface area contributed by atoms with Crippen molar-refractivity contribution in [2.24, 2.45) is 0 Å². The average molecular weight is 336 g/mol. The monoisotopic (exact) mass is 336 g/mol. The average Bonchev–Trinajstić information content (AvgIpc) is 2.78. The van der Waals surface area contributed by atoms with Crippen molar-refractivity contribution in [3.63, 3.8) is 0 Å². The third-order valence-electron chi connectivity index (χ3n) is 2.99. The molecule has 2 rings (SSSR count). The first-order valence-electron chi connectivity index (χ1n) is 6.43. The molecule has 0 amide bonds. The minimum atomic E-state index is -3.76. The van der Waals surface area contributed by atoms with Gasteiger partial charge in [0.25, 0.3) is 10.0 Å². The topological polar surface area (TPSA) is 86.1 Å². The fourth-order valence-corrected chi connectivity index (χ4v) is 4.50. The van der Waals surface area contributed by atoms with Crippen LogP contribution in [0.4, 0.5) is 11.4 Å². The maximum absolute atomic E-state index is 12.5. The number of nitrogens with one attached hydrogen (secondary N) is 1. The van der Waals surface area contributed by atoms with E-state index in [0.29, 0.717) is 10.7 Å². The second-order valence-corrected chi connectivity index (χ2v) is 8.03. The summed E-state index contributed by atoms with van der Waals surface area (Å²) < 4.78 is 27.7. The Bertz CT molecular complexity index is 848. The van der Waals surface area contributed by atoms with Crippen molar-refractivity contribution in [1.82, 2.24) is 4.98 Å². The number of rotatable bonds is 4. The highest BCUT2D eigenvalue weighted by Gasteiger charge is 2.22. The van der Waals surface area contributed by atoms with Gasteiger partial charge >= 0.3 is 0 Å². The summed E-state index contributed by atoms with van der Waals surface area (Å²) in [4.78, 5) is 5.97. The van der Waals surface area contributed by atoms with Crippen LogP contribution in [0, 0.1) is 25.2 Å². The van der Waals surface area contributed by atoms with E-state index in [9.17, 15) is 8.42 Å². The van der Waals surface area contributed by atoms with Crippen molar-refractivity contribution in [2.75, 3.05) is 23.7 Å². The molecule has 1 heterocycles. The van der Waals surface area contributed by atoms with Crippen LogP contribution in [-0.4, -0.2) is 27.5 Å². The number of hydrogen-bond acceptors (Lipinski definition) is 6. The second kappa shape index (κ2) is 5.94. The lowest BCUT2D eigenvalue weighted by molar-refractivity contribution is 0.602. The smallest absolute Gasteiger partial charge is 0.273 e. The molecule has 8 heteroatoms. The molecule has 1 aromatic heterocycles. The van der Waals surface area contributed by atoms with Crippen LogP contribution in [0.1, 0.15) is 16.3 Å². The van der Waals surface area contributed by atoms with Gasteiger partial charge in [-0.2, -0.15) is 5.26 Å². The third-order valence-corrected chi connectivity index (χ3v) is 6.04. The standard InChI is InChI=1S/C14H16N4O2S2/c1-9-14(21-10(2)16-9)22(19,20)17-13-7-12(18(3)4)6-5-11(13)8-15/h5-7,17H,1-4H3. The van der Waals surface area contributed by atoms with Crippen LogP contribution >= 0.6 is 11.3 Å². The van der Waals surface area contributed by atoms with Crippen molar-refractivity contribution < 1.29 is 8.42 Å². The van der Waals surface area contributed by atoms with Gasteiger partial charge in [-0.1, -0.05) is 0 Å². The molecule has 22 heavy (non-hydrogen) atoms. The Labute approximate surface area is 134 Å². The molecule has 0 fully saturated rings. The first-order valence-corrected chi connectivity index (χ1v) is 8.73. The predicted octanol–water partition coefficient (Wildman–Crippen LogP) is 2.50. The van der Waals surface area contributed by atoms with E-state index in [1.54, 1.807) is 32.0 Å². The summed E-state index contributed by atoms with van der Waals surface area (Å²) in [5.41, 5.74) is 1.79. The van der Waals surface area contributed by atoms with Crippen LogP contribution in [0.25, 0.3) is 0 Å². The molecule has 116 valence electrons. The summed E-state index contributed by atoms with van der Waals surface area (Å²) in [6.45, 7) is 3.41. The van der Waals surface area contributed by atoms with Crippen LogP contribution in [0.15, 0.2) is 22.4 Å². The summed E-state index contributed by atoms with van der Waals surface area (Å²) in [6, 6.07) is 6.99. The van der Waals surface area contributed by atoms with Gasteiger partial charge in [-0.05, 0) is 32.0 Å². The number of hydrogen-bond donors (Lipinski definition) is 1. The number of sulfonamides is 1. The van der Waals surface area contributed by atoms with Crippen LogP contribution in [-0.2, 0) is 10.0 Å². The molecule has 0 spiro atoms. The van der Waals surface area contributed by atoms with E-state index in [2.05, 4.69) is 9.71 Å². The van der Waals surface area contributed by atoms with Gasteiger partial charge in [0.2, 0.25) is 0 Å². The van der Waals surface area contributed by atoms with Gasteiger partial charge in [-0.3, -0.25) is 4.72 Å². The van der Waals surface area contributed by atoms with Crippen molar-refractivity contribution in [1.29, 1.82) is 5.26 Å². The molecule has 1 N–H and O–H groups in total. The Hall–Kier alpha value is -2.11. The Morgan fingerprint density at radius 3 is 2.50 bits per heavy atom. The van der Waals surface area contributed by atoms with Gasteiger partial charge in [0.15, 0.2) is 4.21 Å². The van der Waals surface area contributed by atoms with Crippen molar-refractivity contribution >= 4 is 32.7 Å². The first-order chi connectivity index (χ1) is 10.2. The highest BCUT2D eigenvalue weighted by Crippen LogP contribution is 2.28.